The fourth-order valence-corrected chi connectivity index (χ4v) is 2.55. The van der Waals surface area contributed by atoms with Gasteiger partial charge in [-0.05, 0) is 31.2 Å². The van der Waals surface area contributed by atoms with Crippen LogP contribution >= 0.6 is 0 Å². The number of nitrogens with one attached hydrogen (secondary N) is 3. The van der Waals surface area contributed by atoms with Gasteiger partial charge in [-0.15, -0.1) is 0 Å². The number of amides is 2. The predicted molar refractivity (Wildman–Crippen MR) is 105 cm³/mol. The molecule has 29 heavy (non-hydrogen) atoms. The maximum Gasteiger partial charge on any atom is 0.282 e. The Kier molecular flexibility index (Phi) is 7.21. The molecule has 2 atom stereocenters. The Morgan fingerprint density at radius 1 is 1.24 bits per heavy atom. The molecule has 9 nitrogen and oxygen atoms in total. The molecule has 0 fully saturated rings. The first-order chi connectivity index (χ1) is 13.7. The van der Waals surface area contributed by atoms with Gasteiger partial charge < -0.3 is 20.3 Å². The van der Waals surface area contributed by atoms with Gasteiger partial charge >= 0.3 is 0 Å². The normalized spacial score (nSPS) is 12.6. The summed E-state index contributed by atoms with van der Waals surface area (Å²) in [5.74, 6) is -1.03. The standard InChI is InChI=1S/C19H21FN4O5/c1-12(23(2)11-18(25)21-14-6-4-5-13(20)9-14)19(26)22-16-10-15(24(27)28)7-8-17(16)29-3/h4-10,12H,11H2,1-3H3,(H,21,25)(H,22,26)/p+1/t12-/m0/s1. The third-order valence-corrected chi connectivity index (χ3v) is 4.33. The summed E-state index contributed by atoms with van der Waals surface area (Å²) in [6.07, 6.45) is 0. The lowest BCUT2D eigenvalue weighted by atomic mass is 10.2. The number of non-ortho nitro benzene ring substituents is 1. The lowest BCUT2D eigenvalue weighted by Crippen LogP contribution is -3.14. The number of benzene rings is 2. The Balaban J connectivity index is 2.01. The number of quaternary nitrogens is 1. The summed E-state index contributed by atoms with van der Waals surface area (Å²) in [6, 6.07) is 8.70. The van der Waals surface area contributed by atoms with Crippen LogP contribution in [0.4, 0.5) is 21.5 Å². The number of ether oxygens (including phenoxy) is 1. The molecule has 2 aromatic carbocycles. The van der Waals surface area contributed by atoms with Crippen LogP contribution in [0.15, 0.2) is 42.5 Å². The number of nitrogens with zero attached hydrogens (tertiary/aromatic N) is 1. The van der Waals surface area contributed by atoms with E-state index in [0.29, 0.717) is 10.6 Å². The van der Waals surface area contributed by atoms with Crippen LogP contribution < -0.4 is 20.3 Å². The highest BCUT2D eigenvalue weighted by atomic mass is 19.1. The van der Waals surface area contributed by atoms with E-state index in [0.717, 1.165) is 0 Å². The molecule has 0 saturated carbocycles. The Labute approximate surface area is 166 Å². The molecule has 0 aliphatic rings. The van der Waals surface area contributed by atoms with Crippen LogP contribution in [0.2, 0.25) is 0 Å². The molecule has 0 aliphatic carbocycles. The summed E-state index contributed by atoms with van der Waals surface area (Å²) in [4.78, 5) is 35.7. The maximum atomic E-state index is 13.2. The van der Waals surface area contributed by atoms with Gasteiger partial charge in [-0.2, -0.15) is 0 Å². The quantitative estimate of drug-likeness (QED) is 0.451. The van der Waals surface area contributed by atoms with E-state index in [9.17, 15) is 24.1 Å². The smallest absolute Gasteiger partial charge is 0.282 e. The van der Waals surface area contributed by atoms with E-state index in [2.05, 4.69) is 10.6 Å². The average molecular weight is 405 g/mol. The van der Waals surface area contributed by atoms with E-state index in [1.54, 1.807) is 20.0 Å². The number of carbonyl (C=O) groups excluding carboxylic acids is 2. The first kappa shape index (κ1) is 21.8. The van der Waals surface area contributed by atoms with Crippen molar-refractivity contribution in [2.75, 3.05) is 31.3 Å². The molecule has 2 amide bonds. The van der Waals surface area contributed by atoms with Gasteiger partial charge in [-0.3, -0.25) is 19.7 Å². The SMILES string of the molecule is COc1ccc([N+](=O)[O-])cc1NC(=O)[C@H](C)[NH+](C)CC(=O)Nc1cccc(F)c1. The van der Waals surface area contributed by atoms with E-state index in [1.807, 2.05) is 0 Å². The van der Waals surface area contributed by atoms with Crippen molar-refractivity contribution in [1.29, 1.82) is 0 Å². The zero-order chi connectivity index (χ0) is 21.6. The van der Waals surface area contributed by atoms with Crippen molar-refractivity contribution in [2.45, 2.75) is 13.0 Å². The highest BCUT2D eigenvalue weighted by molar-refractivity contribution is 5.96. The number of carbonyl (C=O) groups is 2. The molecule has 0 aromatic heterocycles. The van der Waals surface area contributed by atoms with Gasteiger partial charge in [0.05, 0.1) is 24.8 Å². The minimum Gasteiger partial charge on any atom is -0.495 e. The topological polar surface area (TPSA) is 115 Å². The van der Waals surface area contributed by atoms with Crippen molar-refractivity contribution in [3.05, 3.63) is 58.4 Å². The number of nitro groups is 1. The lowest BCUT2D eigenvalue weighted by molar-refractivity contribution is -0.885. The maximum absolute atomic E-state index is 13.2. The van der Waals surface area contributed by atoms with E-state index < -0.39 is 22.7 Å². The molecular weight excluding hydrogens is 383 g/mol. The monoisotopic (exact) mass is 405 g/mol. The number of hydrogen-bond donors (Lipinski definition) is 3. The van der Waals surface area contributed by atoms with Gasteiger partial charge in [0.2, 0.25) is 0 Å². The summed E-state index contributed by atoms with van der Waals surface area (Å²) >= 11 is 0. The third kappa shape index (κ3) is 5.98. The zero-order valence-corrected chi connectivity index (χ0v) is 16.2. The van der Waals surface area contributed by atoms with Gasteiger partial charge in [0.15, 0.2) is 12.6 Å². The van der Waals surface area contributed by atoms with E-state index in [1.165, 1.54) is 43.5 Å². The van der Waals surface area contributed by atoms with Gasteiger partial charge in [0.25, 0.3) is 17.5 Å². The molecule has 0 saturated heterocycles. The van der Waals surface area contributed by atoms with E-state index in [4.69, 9.17) is 4.74 Å². The largest absolute Gasteiger partial charge is 0.495 e. The molecule has 2 aromatic rings. The van der Waals surface area contributed by atoms with Crippen molar-refractivity contribution in [1.82, 2.24) is 0 Å². The van der Waals surface area contributed by atoms with Gasteiger partial charge in [0.1, 0.15) is 11.6 Å². The Bertz CT molecular complexity index is 921. The Hall–Kier alpha value is -3.53. The summed E-state index contributed by atoms with van der Waals surface area (Å²) in [6.45, 7) is 1.57. The van der Waals surface area contributed by atoms with Crippen molar-refractivity contribution in [2.24, 2.45) is 0 Å². The van der Waals surface area contributed by atoms with Crippen LogP contribution in [0, 0.1) is 15.9 Å². The fourth-order valence-electron chi connectivity index (χ4n) is 2.55. The molecule has 0 spiro atoms. The number of methoxy groups -OCH3 is 1. The van der Waals surface area contributed by atoms with Crippen molar-refractivity contribution in [3.8, 4) is 5.75 Å². The predicted octanol–water partition coefficient (Wildman–Crippen LogP) is 1.22. The number of likely N-dealkylation sites (N-methyl/N-ethyl adjacent to an activating group) is 1. The average Bonchev–Trinajstić information content (AvgIpc) is 2.66. The second-order valence-electron chi connectivity index (χ2n) is 6.43. The van der Waals surface area contributed by atoms with Crippen LogP contribution in [-0.4, -0.2) is 43.5 Å². The van der Waals surface area contributed by atoms with Gasteiger partial charge in [-0.1, -0.05) is 6.07 Å². The Morgan fingerprint density at radius 3 is 2.59 bits per heavy atom. The number of halogens is 1. The molecule has 0 bridgehead atoms. The molecule has 154 valence electrons. The number of anilines is 2. The number of hydrogen-bond acceptors (Lipinski definition) is 5. The second-order valence-corrected chi connectivity index (χ2v) is 6.43. The van der Waals surface area contributed by atoms with Crippen molar-refractivity contribution in [3.63, 3.8) is 0 Å². The molecule has 2 rings (SSSR count). The molecule has 3 N–H and O–H groups in total. The first-order valence-corrected chi connectivity index (χ1v) is 8.72. The van der Waals surface area contributed by atoms with Gasteiger partial charge in [0, 0.05) is 17.8 Å². The summed E-state index contributed by atoms with van der Waals surface area (Å²) < 4.78 is 18.3. The van der Waals surface area contributed by atoms with Crippen molar-refractivity contribution < 1.29 is 28.5 Å². The number of rotatable bonds is 8. The second kappa shape index (κ2) is 9.60. The minimum atomic E-state index is -0.655. The molecule has 0 heterocycles. The van der Waals surface area contributed by atoms with E-state index in [-0.39, 0.29) is 29.6 Å². The summed E-state index contributed by atoms with van der Waals surface area (Å²) in [7, 11) is 3.04. The molecule has 10 heteroatoms. The molecular formula is C19H22FN4O5+. The van der Waals surface area contributed by atoms with Gasteiger partial charge in [-0.25, -0.2) is 4.39 Å². The third-order valence-electron chi connectivity index (χ3n) is 4.33. The highest BCUT2D eigenvalue weighted by Crippen LogP contribution is 2.28. The van der Waals surface area contributed by atoms with Crippen LogP contribution in [-0.2, 0) is 9.59 Å². The van der Waals surface area contributed by atoms with Crippen LogP contribution in [0.5, 0.6) is 5.75 Å². The molecule has 1 unspecified atom stereocenters. The number of nitro benzene ring substituents is 1. The van der Waals surface area contributed by atoms with Crippen LogP contribution in [0.25, 0.3) is 0 Å². The summed E-state index contributed by atoms with van der Waals surface area (Å²) in [5.41, 5.74) is 0.292. The highest BCUT2D eigenvalue weighted by Gasteiger charge is 2.25. The summed E-state index contributed by atoms with van der Waals surface area (Å²) in [5, 5.41) is 16.1. The fraction of sp³-hybridized carbons (Fsp3) is 0.263. The zero-order valence-electron chi connectivity index (χ0n) is 16.2. The van der Waals surface area contributed by atoms with Crippen LogP contribution in [0.1, 0.15) is 6.92 Å². The van der Waals surface area contributed by atoms with Crippen LogP contribution in [0.3, 0.4) is 0 Å². The van der Waals surface area contributed by atoms with E-state index >= 15 is 0 Å². The lowest BCUT2D eigenvalue weighted by Gasteiger charge is -2.21. The molecule has 0 radical (unpaired) electrons. The molecule has 0 aliphatic heterocycles. The Morgan fingerprint density at radius 2 is 1.97 bits per heavy atom. The first-order valence-electron chi connectivity index (χ1n) is 8.72. The van der Waals surface area contributed by atoms with Crippen molar-refractivity contribution >= 4 is 28.9 Å². The minimum absolute atomic E-state index is 0.0445.